The van der Waals surface area contributed by atoms with E-state index in [1.165, 1.54) is 76.3 Å². The topological polar surface area (TPSA) is 15.3 Å². The number of thioether (sulfide) groups is 1. The molecule has 1 fully saturated rings. The van der Waals surface area contributed by atoms with E-state index in [2.05, 4.69) is 17.1 Å². The minimum absolute atomic E-state index is 1.21. The molecule has 1 heterocycles. The Morgan fingerprint density at radius 2 is 1.81 bits per heavy atom. The van der Waals surface area contributed by atoms with Crippen molar-refractivity contribution in [1.82, 2.24) is 10.2 Å². The van der Waals surface area contributed by atoms with Crippen LogP contribution in [-0.2, 0) is 0 Å². The Morgan fingerprint density at radius 1 is 1.06 bits per heavy atom. The SMILES string of the molecule is CCSCCCNCCCCN1CCCC1. The van der Waals surface area contributed by atoms with Crippen molar-refractivity contribution < 1.29 is 0 Å². The lowest BCUT2D eigenvalue weighted by atomic mass is 10.3. The fraction of sp³-hybridized carbons (Fsp3) is 1.00. The molecular formula is C13H28N2S. The third-order valence-corrected chi connectivity index (χ3v) is 4.11. The van der Waals surface area contributed by atoms with Gasteiger partial charge in [-0.25, -0.2) is 0 Å². The van der Waals surface area contributed by atoms with Gasteiger partial charge < -0.3 is 10.2 Å². The Balaban J connectivity index is 1.71. The van der Waals surface area contributed by atoms with Crippen molar-refractivity contribution in [3.8, 4) is 0 Å². The summed E-state index contributed by atoms with van der Waals surface area (Å²) in [6.45, 7) is 8.68. The van der Waals surface area contributed by atoms with E-state index in [4.69, 9.17) is 0 Å². The van der Waals surface area contributed by atoms with Crippen molar-refractivity contribution in [3.63, 3.8) is 0 Å². The molecule has 1 saturated heterocycles. The Bertz CT molecular complexity index is 147. The molecule has 0 saturated carbocycles. The van der Waals surface area contributed by atoms with Gasteiger partial charge in [0, 0.05) is 0 Å². The Kier molecular flexibility index (Phi) is 9.34. The van der Waals surface area contributed by atoms with Crippen LogP contribution in [0.2, 0.25) is 0 Å². The maximum atomic E-state index is 3.54. The summed E-state index contributed by atoms with van der Waals surface area (Å²) in [5.74, 6) is 2.58. The predicted molar refractivity (Wildman–Crippen MR) is 75.4 cm³/mol. The quantitative estimate of drug-likeness (QED) is 0.595. The molecule has 0 aliphatic carbocycles. The minimum atomic E-state index is 1.21. The average molecular weight is 244 g/mol. The maximum Gasteiger partial charge on any atom is -0.00183 e. The molecule has 1 N–H and O–H groups in total. The second-order valence-corrected chi connectivity index (χ2v) is 5.95. The van der Waals surface area contributed by atoms with Crippen LogP contribution in [0.4, 0.5) is 0 Å². The molecule has 96 valence electrons. The maximum absolute atomic E-state index is 3.54. The zero-order valence-electron chi connectivity index (χ0n) is 10.8. The van der Waals surface area contributed by atoms with Gasteiger partial charge in [-0.2, -0.15) is 11.8 Å². The van der Waals surface area contributed by atoms with Crippen molar-refractivity contribution in [2.75, 3.05) is 44.2 Å². The second kappa shape index (κ2) is 10.4. The van der Waals surface area contributed by atoms with Crippen molar-refractivity contribution in [3.05, 3.63) is 0 Å². The van der Waals surface area contributed by atoms with Crippen molar-refractivity contribution in [2.24, 2.45) is 0 Å². The third kappa shape index (κ3) is 7.53. The second-order valence-electron chi connectivity index (χ2n) is 4.56. The minimum Gasteiger partial charge on any atom is -0.317 e. The molecule has 0 aromatic carbocycles. The molecule has 0 spiro atoms. The van der Waals surface area contributed by atoms with Crippen LogP contribution in [0.3, 0.4) is 0 Å². The van der Waals surface area contributed by atoms with E-state index in [0.29, 0.717) is 0 Å². The number of nitrogens with one attached hydrogen (secondary N) is 1. The summed E-state index contributed by atoms with van der Waals surface area (Å²) in [6, 6.07) is 0. The normalized spacial score (nSPS) is 17.1. The van der Waals surface area contributed by atoms with Crippen LogP contribution in [-0.4, -0.2) is 49.1 Å². The predicted octanol–water partition coefficient (Wildman–Crippen LogP) is 2.60. The highest BCUT2D eigenvalue weighted by Gasteiger charge is 2.09. The number of rotatable bonds is 10. The summed E-state index contributed by atoms with van der Waals surface area (Å²) in [7, 11) is 0. The Labute approximate surface area is 106 Å². The molecule has 16 heavy (non-hydrogen) atoms. The number of unbranched alkanes of at least 4 members (excludes halogenated alkanes) is 1. The van der Waals surface area contributed by atoms with Crippen LogP contribution in [0, 0.1) is 0 Å². The third-order valence-electron chi connectivity index (χ3n) is 3.12. The largest absolute Gasteiger partial charge is 0.317 e. The standard InChI is InChI=1S/C13H28N2S/c1-2-16-13-7-9-14-8-3-4-10-15-11-5-6-12-15/h14H,2-13H2,1H3. The van der Waals surface area contributed by atoms with Crippen molar-refractivity contribution >= 4 is 11.8 Å². The molecule has 0 bridgehead atoms. The van der Waals surface area contributed by atoms with Crippen LogP contribution in [0.25, 0.3) is 0 Å². The lowest BCUT2D eigenvalue weighted by Gasteiger charge is -2.13. The number of likely N-dealkylation sites (tertiary alicyclic amines) is 1. The first kappa shape index (κ1) is 14.3. The summed E-state index contributed by atoms with van der Waals surface area (Å²) in [4.78, 5) is 2.61. The van der Waals surface area contributed by atoms with Gasteiger partial charge in [0.15, 0.2) is 0 Å². The van der Waals surface area contributed by atoms with Gasteiger partial charge >= 0.3 is 0 Å². The van der Waals surface area contributed by atoms with Gasteiger partial charge in [0.1, 0.15) is 0 Å². The summed E-state index contributed by atoms with van der Waals surface area (Å²) in [6.07, 6.45) is 6.89. The first-order valence-electron chi connectivity index (χ1n) is 6.94. The van der Waals surface area contributed by atoms with Crippen molar-refractivity contribution in [2.45, 2.75) is 39.0 Å². The zero-order valence-corrected chi connectivity index (χ0v) is 11.7. The Morgan fingerprint density at radius 3 is 2.56 bits per heavy atom. The van der Waals surface area contributed by atoms with Crippen LogP contribution < -0.4 is 5.32 Å². The number of hydrogen-bond donors (Lipinski definition) is 1. The molecule has 0 radical (unpaired) electrons. The fourth-order valence-corrected chi connectivity index (χ4v) is 2.80. The summed E-state index contributed by atoms with van der Waals surface area (Å²) >= 11 is 2.05. The first-order chi connectivity index (χ1) is 7.93. The van der Waals surface area contributed by atoms with E-state index in [1.54, 1.807) is 0 Å². The fourth-order valence-electron chi connectivity index (χ4n) is 2.16. The lowest BCUT2D eigenvalue weighted by molar-refractivity contribution is 0.329. The Hall–Kier alpha value is 0.270. The molecule has 1 aliphatic rings. The zero-order chi connectivity index (χ0) is 11.5. The van der Waals surface area contributed by atoms with Gasteiger partial charge in [0.25, 0.3) is 0 Å². The average Bonchev–Trinajstić information content (AvgIpc) is 2.80. The van der Waals surface area contributed by atoms with E-state index in [-0.39, 0.29) is 0 Å². The highest BCUT2D eigenvalue weighted by atomic mass is 32.2. The van der Waals surface area contributed by atoms with Crippen LogP contribution >= 0.6 is 11.8 Å². The monoisotopic (exact) mass is 244 g/mol. The van der Waals surface area contributed by atoms with E-state index < -0.39 is 0 Å². The summed E-state index contributed by atoms with van der Waals surface area (Å²) in [5, 5.41) is 3.54. The molecule has 0 amide bonds. The summed E-state index contributed by atoms with van der Waals surface area (Å²) < 4.78 is 0. The summed E-state index contributed by atoms with van der Waals surface area (Å²) in [5.41, 5.74) is 0. The lowest BCUT2D eigenvalue weighted by Crippen LogP contribution is -2.22. The first-order valence-corrected chi connectivity index (χ1v) is 8.09. The van der Waals surface area contributed by atoms with Gasteiger partial charge in [0.2, 0.25) is 0 Å². The van der Waals surface area contributed by atoms with Crippen molar-refractivity contribution in [1.29, 1.82) is 0 Å². The molecular weight excluding hydrogens is 216 g/mol. The smallest absolute Gasteiger partial charge is 0.00183 e. The molecule has 1 aliphatic heterocycles. The van der Waals surface area contributed by atoms with E-state index in [1.807, 2.05) is 11.8 Å². The van der Waals surface area contributed by atoms with E-state index in [0.717, 1.165) is 0 Å². The molecule has 0 unspecified atom stereocenters. The van der Waals surface area contributed by atoms with Gasteiger partial charge in [-0.15, -0.1) is 0 Å². The molecule has 0 atom stereocenters. The molecule has 0 aromatic heterocycles. The van der Waals surface area contributed by atoms with Gasteiger partial charge in [-0.1, -0.05) is 6.92 Å². The number of hydrogen-bond acceptors (Lipinski definition) is 3. The van der Waals surface area contributed by atoms with Crippen LogP contribution in [0.15, 0.2) is 0 Å². The van der Waals surface area contributed by atoms with Gasteiger partial charge in [-0.05, 0) is 76.3 Å². The highest BCUT2D eigenvalue weighted by Crippen LogP contribution is 2.07. The van der Waals surface area contributed by atoms with Gasteiger partial charge in [0.05, 0.1) is 0 Å². The highest BCUT2D eigenvalue weighted by molar-refractivity contribution is 7.99. The van der Waals surface area contributed by atoms with E-state index >= 15 is 0 Å². The number of nitrogens with zero attached hydrogens (tertiary/aromatic N) is 1. The van der Waals surface area contributed by atoms with Crippen LogP contribution in [0.5, 0.6) is 0 Å². The van der Waals surface area contributed by atoms with Crippen LogP contribution in [0.1, 0.15) is 39.0 Å². The molecule has 3 heteroatoms. The van der Waals surface area contributed by atoms with Gasteiger partial charge in [-0.3, -0.25) is 0 Å². The molecule has 2 nitrogen and oxygen atoms in total. The molecule has 0 aromatic rings. The molecule has 1 rings (SSSR count). The van der Waals surface area contributed by atoms with E-state index in [9.17, 15) is 0 Å².